The highest BCUT2D eigenvalue weighted by molar-refractivity contribution is 7.11. The van der Waals surface area contributed by atoms with Crippen LogP contribution in [0.15, 0.2) is 54.0 Å². The number of nitriles is 1. The van der Waals surface area contributed by atoms with Gasteiger partial charge in [-0.25, -0.2) is 4.98 Å². The Labute approximate surface area is 172 Å². The first-order valence-electron chi connectivity index (χ1n) is 8.82. The van der Waals surface area contributed by atoms with E-state index < -0.39 is 4.92 Å². The zero-order valence-electron chi connectivity index (χ0n) is 15.9. The summed E-state index contributed by atoms with van der Waals surface area (Å²) in [7, 11) is 0. The van der Waals surface area contributed by atoms with Gasteiger partial charge in [0.1, 0.15) is 22.4 Å². The van der Waals surface area contributed by atoms with Crippen LogP contribution in [0.3, 0.4) is 0 Å². The summed E-state index contributed by atoms with van der Waals surface area (Å²) in [5, 5.41) is 25.9. The number of hydrogen-bond acceptors (Lipinski definition) is 7. The molecular formula is C21H18N4O3S. The van der Waals surface area contributed by atoms with Gasteiger partial charge in [-0.15, -0.1) is 11.3 Å². The minimum Gasteiger partial charge on any atom is -0.494 e. The second kappa shape index (κ2) is 8.99. The number of non-ortho nitro benzene ring substituents is 1. The number of aryl methyl sites for hydroxylation is 1. The third-order valence-electron chi connectivity index (χ3n) is 4.11. The molecule has 0 spiro atoms. The molecule has 1 aromatic heterocycles. The van der Waals surface area contributed by atoms with Crippen LogP contribution in [0.25, 0.3) is 16.8 Å². The number of anilines is 1. The standard InChI is InChI=1S/C21H18N4O3S/c1-3-28-18-7-4-15(5-8-18)20-13-29-21(24-20)16(11-22)12-23-19-9-6-17(25(26)27)10-14(19)2/h4-10,12-13,23H,3H2,1-2H3. The van der Waals surface area contributed by atoms with E-state index in [0.29, 0.717) is 28.4 Å². The van der Waals surface area contributed by atoms with Crippen LogP contribution in [0.5, 0.6) is 5.75 Å². The number of hydrogen-bond donors (Lipinski definition) is 1. The van der Waals surface area contributed by atoms with Gasteiger partial charge in [-0.05, 0) is 49.7 Å². The normalized spacial score (nSPS) is 11.0. The molecule has 0 amide bonds. The third kappa shape index (κ3) is 4.78. The number of nitro groups is 1. The molecule has 3 rings (SSSR count). The van der Waals surface area contributed by atoms with Gasteiger partial charge in [0.05, 0.1) is 17.2 Å². The molecular weight excluding hydrogens is 388 g/mol. The summed E-state index contributed by atoms with van der Waals surface area (Å²) in [6, 6.07) is 14.3. The lowest BCUT2D eigenvalue weighted by molar-refractivity contribution is -0.384. The average molecular weight is 406 g/mol. The molecule has 146 valence electrons. The molecule has 8 heteroatoms. The van der Waals surface area contributed by atoms with Crippen LogP contribution in [0, 0.1) is 28.4 Å². The van der Waals surface area contributed by atoms with Crippen LogP contribution in [0.1, 0.15) is 17.5 Å². The zero-order chi connectivity index (χ0) is 20.8. The van der Waals surface area contributed by atoms with Crippen molar-refractivity contribution in [3.8, 4) is 23.1 Å². The molecule has 0 radical (unpaired) electrons. The monoisotopic (exact) mass is 406 g/mol. The van der Waals surface area contributed by atoms with Crippen LogP contribution < -0.4 is 10.1 Å². The number of nitro benzene ring substituents is 1. The van der Waals surface area contributed by atoms with E-state index in [0.717, 1.165) is 17.0 Å². The SMILES string of the molecule is CCOc1ccc(-c2csc(C(C#N)=CNc3ccc([N+](=O)[O-])cc3C)n2)cc1. The van der Waals surface area contributed by atoms with Gasteiger partial charge in [0, 0.05) is 35.0 Å². The number of thiazole rings is 1. The number of nitrogens with one attached hydrogen (secondary N) is 1. The Bertz CT molecular complexity index is 1100. The summed E-state index contributed by atoms with van der Waals surface area (Å²) in [6.07, 6.45) is 1.56. The van der Waals surface area contributed by atoms with Gasteiger partial charge in [0.25, 0.3) is 5.69 Å². The topological polar surface area (TPSA) is 101 Å². The maximum absolute atomic E-state index is 10.8. The van der Waals surface area contributed by atoms with E-state index in [1.54, 1.807) is 19.2 Å². The Hall–Kier alpha value is -3.70. The van der Waals surface area contributed by atoms with E-state index in [1.807, 2.05) is 36.6 Å². The minimum atomic E-state index is -0.439. The number of rotatable bonds is 7. The molecule has 0 aliphatic heterocycles. The largest absolute Gasteiger partial charge is 0.494 e. The number of aromatic nitrogens is 1. The fraction of sp³-hybridized carbons (Fsp3) is 0.143. The lowest BCUT2D eigenvalue weighted by Gasteiger charge is -2.05. The second-order valence-corrected chi connectivity index (χ2v) is 6.92. The molecule has 0 bridgehead atoms. The zero-order valence-corrected chi connectivity index (χ0v) is 16.7. The maximum Gasteiger partial charge on any atom is 0.269 e. The van der Waals surface area contributed by atoms with Gasteiger partial charge >= 0.3 is 0 Å². The summed E-state index contributed by atoms with van der Waals surface area (Å²) >= 11 is 1.37. The van der Waals surface area contributed by atoms with Crippen LogP contribution in [-0.4, -0.2) is 16.5 Å². The summed E-state index contributed by atoms with van der Waals surface area (Å²) in [6.45, 7) is 4.31. The van der Waals surface area contributed by atoms with E-state index in [9.17, 15) is 15.4 Å². The summed E-state index contributed by atoms with van der Waals surface area (Å²) in [4.78, 5) is 15.0. The predicted molar refractivity (Wildman–Crippen MR) is 114 cm³/mol. The van der Waals surface area contributed by atoms with Gasteiger partial charge < -0.3 is 10.1 Å². The molecule has 1 heterocycles. The first kappa shape index (κ1) is 20.0. The molecule has 1 N–H and O–H groups in total. The molecule has 29 heavy (non-hydrogen) atoms. The minimum absolute atomic E-state index is 0.0254. The molecule has 3 aromatic rings. The van der Waals surface area contributed by atoms with E-state index in [4.69, 9.17) is 4.74 Å². The fourth-order valence-corrected chi connectivity index (χ4v) is 3.43. The Balaban J connectivity index is 1.79. The molecule has 0 saturated carbocycles. The van der Waals surface area contributed by atoms with Gasteiger partial charge in [0.2, 0.25) is 0 Å². The van der Waals surface area contributed by atoms with Gasteiger partial charge in [0.15, 0.2) is 0 Å². The van der Waals surface area contributed by atoms with Gasteiger partial charge in [-0.1, -0.05) is 0 Å². The van der Waals surface area contributed by atoms with E-state index in [2.05, 4.69) is 16.4 Å². The average Bonchev–Trinajstić information content (AvgIpc) is 3.20. The number of allylic oxidation sites excluding steroid dienone is 1. The smallest absolute Gasteiger partial charge is 0.269 e. The van der Waals surface area contributed by atoms with Crippen molar-refractivity contribution in [2.24, 2.45) is 0 Å². The second-order valence-electron chi connectivity index (χ2n) is 6.07. The number of benzene rings is 2. The van der Waals surface area contributed by atoms with E-state index in [-0.39, 0.29) is 5.69 Å². The third-order valence-corrected chi connectivity index (χ3v) is 4.98. The van der Waals surface area contributed by atoms with Crippen LogP contribution in [0.4, 0.5) is 11.4 Å². The number of ether oxygens (including phenoxy) is 1. The molecule has 0 saturated heterocycles. The van der Waals surface area contributed by atoms with Crippen molar-refractivity contribution in [3.63, 3.8) is 0 Å². The Morgan fingerprint density at radius 1 is 1.34 bits per heavy atom. The quantitative estimate of drug-likeness (QED) is 0.320. The Morgan fingerprint density at radius 2 is 2.10 bits per heavy atom. The molecule has 0 aliphatic rings. The summed E-state index contributed by atoms with van der Waals surface area (Å²) < 4.78 is 5.45. The highest BCUT2D eigenvalue weighted by atomic mass is 32.1. The van der Waals surface area contributed by atoms with Crippen molar-refractivity contribution in [1.82, 2.24) is 4.98 Å². The lowest BCUT2D eigenvalue weighted by Crippen LogP contribution is -1.95. The van der Waals surface area contributed by atoms with Crippen LogP contribution in [-0.2, 0) is 0 Å². The predicted octanol–water partition coefficient (Wildman–Crippen LogP) is 5.40. The van der Waals surface area contributed by atoms with Crippen LogP contribution in [0.2, 0.25) is 0 Å². The molecule has 7 nitrogen and oxygen atoms in total. The summed E-state index contributed by atoms with van der Waals surface area (Å²) in [5.41, 5.74) is 3.52. The lowest BCUT2D eigenvalue weighted by atomic mass is 10.1. The summed E-state index contributed by atoms with van der Waals surface area (Å²) in [5.74, 6) is 0.798. The van der Waals surface area contributed by atoms with Crippen molar-refractivity contribution in [1.29, 1.82) is 5.26 Å². The molecule has 0 atom stereocenters. The van der Waals surface area contributed by atoms with Crippen molar-refractivity contribution in [3.05, 3.63) is 74.7 Å². The molecule has 0 fully saturated rings. The van der Waals surface area contributed by atoms with Crippen molar-refractivity contribution in [2.75, 3.05) is 11.9 Å². The Kier molecular flexibility index (Phi) is 6.22. The van der Waals surface area contributed by atoms with Crippen molar-refractivity contribution >= 4 is 28.3 Å². The molecule has 2 aromatic carbocycles. The maximum atomic E-state index is 10.8. The van der Waals surface area contributed by atoms with Gasteiger partial charge in [-0.2, -0.15) is 5.26 Å². The fourth-order valence-electron chi connectivity index (χ4n) is 2.63. The molecule has 0 unspecified atom stereocenters. The first-order valence-corrected chi connectivity index (χ1v) is 9.70. The van der Waals surface area contributed by atoms with Crippen molar-refractivity contribution in [2.45, 2.75) is 13.8 Å². The number of nitrogens with zero attached hydrogens (tertiary/aromatic N) is 3. The van der Waals surface area contributed by atoms with E-state index >= 15 is 0 Å². The van der Waals surface area contributed by atoms with Gasteiger partial charge in [-0.3, -0.25) is 10.1 Å². The van der Waals surface area contributed by atoms with E-state index in [1.165, 1.54) is 23.5 Å². The van der Waals surface area contributed by atoms with Crippen molar-refractivity contribution < 1.29 is 9.66 Å². The molecule has 0 aliphatic carbocycles. The highest BCUT2D eigenvalue weighted by Gasteiger charge is 2.11. The highest BCUT2D eigenvalue weighted by Crippen LogP contribution is 2.28. The first-order chi connectivity index (χ1) is 14.0. The Morgan fingerprint density at radius 3 is 2.72 bits per heavy atom. The van der Waals surface area contributed by atoms with Crippen LogP contribution >= 0.6 is 11.3 Å².